The predicted octanol–water partition coefficient (Wildman–Crippen LogP) is 3.02. The Hall–Kier alpha value is -1.73. The summed E-state index contributed by atoms with van der Waals surface area (Å²) in [6.45, 7) is 6.27. The van der Waals surface area contributed by atoms with Crippen LogP contribution in [0, 0.1) is 5.92 Å². The van der Waals surface area contributed by atoms with Crippen LogP contribution in [0.4, 0.5) is 18.0 Å². The van der Waals surface area contributed by atoms with Gasteiger partial charge in [-0.25, -0.2) is 4.79 Å². The van der Waals surface area contributed by atoms with E-state index in [-0.39, 0.29) is 11.6 Å². The highest BCUT2D eigenvalue weighted by Gasteiger charge is 2.63. The summed E-state index contributed by atoms with van der Waals surface area (Å²) < 4.78 is 43.4. The number of piperidine rings is 1. The molecule has 1 amide bonds. The van der Waals surface area contributed by atoms with E-state index in [0.29, 0.717) is 18.7 Å². The molecule has 128 valence electrons. The molecular weight excluding hydrogens is 311 g/mol. The summed E-state index contributed by atoms with van der Waals surface area (Å²) in [7, 11) is 0. The van der Waals surface area contributed by atoms with E-state index in [0.717, 1.165) is 6.42 Å². The molecule has 2 fully saturated rings. The fourth-order valence-electron chi connectivity index (χ4n) is 3.44. The first-order chi connectivity index (χ1) is 10.5. The lowest BCUT2D eigenvalue weighted by molar-refractivity contribution is -0.128. The Morgan fingerprint density at radius 2 is 2.17 bits per heavy atom. The summed E-state index contributed by atoms with van der Waals surface area (Å²) in [5.41, 5.74) is -0.365. The number of aromatic amines is 1. The van der Waals surface area contributed by atoms with Crippen molar-refractivity contribution in [2.45, 2.75) is 50.8 Å². The van der Waals surface area contributed by atoms with Crippen molar-refractivity contribution < 1.29 is 22.7 Å². The van der Waals surface area contributed by atoms with Gasteiger partial charge in [-0.2, -0.15) is 18.3 Å². The molecule has 2 aliphatic rings. The van der Waals surface area contributed by atoms with Gasteiger partial charge in [-0.3, -0.25) is 5.10 Å². The zero-order chi connectivity index (χ0) is 17.0. The van der Waals surface area contributed by atoms with Crippen LogP contribution in [0.1, 0.15) is 38.4 Å². The van der Waals surface area contributed by atoms with Gasteiger partial charge < -0.3 is 9.64 Å². The standard InChI is InChI=1S/C15H20F3N3O2/c1-13(2,3)23-12(22)21-7-9-4-14(9,8-21)10-6-19-20-11(10)5-15(16,17)18/h6,9H,4-5,7-8H2,1-3H3,(H,19,20). The van der Waals surface area contributed by atoms with Crippen LogP contribution in [-0.4, -0.2) is 46.1 Å². The lowest BCUT2D eigenvalue weighted by atomic mass is 9.94. The van der Waals surface area contributed by atoms with Crippen LogP contribution in [0.15, 0.2) is 6.20 Å². The van der Waals surface area contributed by atoms with Crippen LogP contribution in [0.25, 0.3) is 0 Å². The minimum atomic E-state index is -4.30. The van der Waals surface area contributed by atoms with Gasteiger partial charge in [-0.15, -0.1) is 0 Å². The number of likely N-dealkylation sites (tertiary alicyclic amines) is 1. The summed E-state index contributed by atoms with van der Waals surface area (Å²) in [6.07, 6.45) is -3.43. The van der Waals surface area contributed by atoms with E-state index in [2.05, 4.69) is 10.2 Å². The predicted molar refractivity (Wildman–Crippen MR) is 75.9 cm³/mol. The SMILES string of the molecule is CC(C)(C)OC(=O)N1CC2CC2(c2c[nH]nc2CC(F)(F)F)C1. The number of carbonyl (C=O) groups is 1. The molecule has 1 aliphatic heterocycles. The quantitative estimate of drug-likeness (QED) is 0.906. The highest BCUT2D eigenvalue weighted by atomic mass is 19.4. The molecule has 3 rings (SSSR count). The van der Waals surface area contributed by atoms with Crippen LogP contribution < -0.4 is 0 Å². The average Bonchev–Trinajstić information content (AvgIpc) is 2.74. The smallest absolute Gasteiger partial charge is 0.410 e. The van der Waals surface area contributed by atoms with Gasteiger partial charge in [0.25, 0.3) is 0 Å². The topological polar surface area (TPSA) is 58.2 Å². The summed E-state index contributed by atoms with van der Waals surface area (Å²) in [6, 6.07) is 0. The molecule has 1 aliphatic carbocycles. The maximum Gasteiger partial charge on any atom is 0.410 e. The maximum atomic E-state index is 12.7. The first-order valence-corrected chi connectivity index (χ1v) is 7.58. The minimum absolute atomic E-state index is 0.0334. The van der Waals surface area contributed by atoms with Gasteiger partial charge in [-0.1, -0.05) is 0 Å². The second kappa shape index (κ2) is 4.88. The van der Waals surface area contributed by atoms with Crippen molar-refractivity contribution in [1.29, 1.82) is 0 Å². The van der Waals surface area contributed by atoms with Gasteiger partial charge in [0, 0.05) is 30.3 Å². The van der Waals surface area contributed by atoms with Gasteiger partial charge in [-0.05, 0) is 33.1 Å². The van der Waals surface area contributed by atoms with Gasteiger partial charge in [0.1, 0.15) is 5.60 Å². The molecule has 0 aromatic carbocycles. The Balaban J connectivity index is 1.74. The van der Waals surface area contributed by atoms with Gasteiger partial charge in [0.2, 0.25) is 0 Å². The zero-order valence-corrected chi connectivity index (χ0v) is 13.3. The normalized spacial score (nSPS) is 27.0. The monoisotopic (exact) mass is 331 g/mol. The van der Waals surface area contributed by atoms with Crippen molar-refractivity contribution in [3.63, 3.8) is 0 Å². The van der Waals surface area contributed by atoms with Crippen molar-refractivity contribution in [1.82, 2.24) is 15.1 Å². The first-order valence-electron chi connectivity index (χ1n) is 7.58. The Bertz CT molecular complexity index is 620. The maximum absolute atomic E-state index is 12.7. The highest BCUT2D eigenvalue weighted by molar-refractivity contribution is 5.69. The number of hydrogen-bond acceptors (Lipinski definition) is 3. The number of nitrogens with zero attached hydrogens (tertiary/aromatic N) is 2. The van der Waals surface area contributed by atoms with Crippen LogP contribution in [-0.2, 0) is 16.6 Å². The molecule has 23 heavy (non-hydrogen) atoms. The van der Waals surface area contributed by atoms with E-state index in [9.17, 15) is 18.0 Å². The molecule has 0 bridgehead atoms. The van der Waals surface area contributed by atoms with E-state index in [4.69, 9.17) is 4.74 Å². The Labute approximate surface area is 132 Å². The molecule has 5 nitrogen and oxygen atoms in total. The summed E-state index contributed by atoms with van der Waals surface area (Å²) in [5.74, 6) is 0.180. The molecule has 1 saturated heterocycles. The number of halogens is 3. The molecule has 1 saturated carbocycles. The summed E-state index contributed by atoms with van der Waals surface area (Å²) in [5, 5.41) is 6.31. The molecule has 1 N–H and O–H groups in total. The number of hydrogen-bond donors (Lipinski definition) is 1. The van der Waals surface area contributed by atoms with Gasteiger partial charge in [0.15, 0.2) is 0 Å². The Morgan fingerprint density at radius 3 is 2.78 bits per heavy atom. The number of aromatic nitrogens is 2. The van der Waals surface area contributed by atoms with E-state index in [1.165, 1.54) is 0 Å². The first kappa shape index (κ1) is 16.1. The van der Waals surface area contributed by atoms with Crippen LogP contribution in [0.2, 0.25) is 0 Å². The zero-order valence-electron chi connectivity index (χ0n) is 13.3. The van der Waals surface area contributed by atoms with E-state index in [1.807, 2.05) is 0 Å². The summed E-state index contributed by atoms with van der Waals surface area (Å²) in [4.78, 5) is 13.7. The molecule has 2 heterocycles. The van der Waals surface area contributed by atoms with Crippen molar-refractivity contribution in [3.05, 3.63) is 17.5 Å². The number of amides is 1. The number of alkyl halides is 3. The lowest BCUT2D eigenvalue weighted by Crippen LogP contribution is -2.37. The lowest BCUT2D eigenvalue weighted by Gasteiger charge is -2.26. The fraction of sp³-hybridized carbons (Fsp3) is 0.733. The molecule has 2 atom stereocenters. The number of rotatable bonds is 2. The van der Waals surface area contributed by atoms with Crippen LogP contribution in [0.5, 0.6) is 0 Å². The number of carbonyl (C=O) groups excluding carboxylic acids is 1. The second-order valence-electron chi connectivity index (χ2n) is 7.46. The molecular formula is C15H20F3N3O2. The minimum Gasteiger partial charge on any atom is -0.444 e. The van der Waals surface area contributed by atoms with E-state index in [1.54, 1.807) is 31.9 Å². The number of H-pyrrole nitrogens is 1. The third-order valence-corrected chi connectivity index (χ3v) is 4.42. The Kier molecular flexibility index (Phi) is 3.42. The van der Waals surface area contributed by atoms with Crippen LogP contribution in [0.3, 0.4) is 0 Å². The van der Waals surface area contributed by atoms with Crippen molar-refractivity contribution in [3.8, 4) is 0 Å². The third kappa shape index (κ3) is 3.16. The van der Waals surface area contributed by atoms with Gasteiger partial charge in [0.05, 0.1) is 12.1 Å². The largest absolute Gasteiger partial charge is 0.444 e. The highest BCUT2D eigenvalue weighted by Crippen LogP contribution is 2.59. The third-order valence-electron chi connectivity index (χ3n) is 4.42. The van der Waals surface area contributed by atoms with Crippen molar-refractivity contribution >= 4 is 6.09 Å². The van der Waals surface area contributed by atoms with Crippen molar-refractivity contribution in [2.75, 3.05) is 13.1 Å². The molecule has 2 unspecified atom stereocenters. The van der Waals surface area contributed by atoms with Crippen LogP contribution >= 0.6 is 0 Å². The van der Waals surface area contributed by atoms with Crippen molar-refractivity contribution in [2.24, 2.45) is 5.92 Å². The Morgan fingerprint density at radius 1 is 1.48 bits per heavy atom. The molecule has 1 aromatic rings. The van der Waals surface area contributed by atoms with Gasteiger partial charge >= 0.3 is 12.3 Å². The van der Waals surface area contributed by atoms with E-state index >= 15 is 0 Å². The molecule has 8 heteroatoms. The fourth-order valence-corrected chi connectivity index (χ4v) is 3.44. The van der Waals surface area contributed by atoms with E-state index < -0.39 is 29.7 Å². The molecule has 0 spiro atoms. The average molecular weight is 331 g/mol. The second-order valence-corrected chi connectivity index (χ2v) is 7.46. The summed E-state index contributed by atoms with van der Waals surface area (Å²) >= 11 is 0. The number of fused-ring (bicyclic) bond motifs is 1. The molecule has 0 radical (unpaired) electrons. The molecule has 1 aromatic heterocycles. The number of nitrogens with one attached hydrogen (secondary N) is 1. The number of ether oxygens (including phenoxy) is 1.